The van der Waals surface area contributed by atoms with Crippen molar-refractivity contribution in [2.24, 2.45) is 5.92 Å². The highest BCUT2D eigenvalue weighted by molar-refractivity contribution is 9.09. The Bertz CT molecular complexity index is 560. The molecule has 0 bridgehead atoms. The lowest BCUT2D eigenvalue weighted by molar-refractivity contribution is 0.296. The van der Waals surface area contributed by atoms with Crippen molar-refractivity contribution in [2.45, 2.75) is 30.5 Å². The fourth-order valence-electron chi connectivity index (χ4n) is 2.71. The van der Waals surface area contributed by atoms with Gasteiger partial charge in [0.2, 0.25) is 0 Å². The lowest BCUT2D eigenvalue weighted by Gasteiger charge is -2.28. The van der Waals surface area contributed by atoms with E-state index < -0.39 is 0 Å². The predicted molar refractivity (Wildman–Crippen MR) is 82.6 cm³/mol. The first-order chi connectivity index (χ1) is 8.75. The number of fused-ring (bicyclic) bond motifs is 1. The van der Waals surface area contributed by atoms with Crippen LogP contribution in [0.3, 0.4) is 0 Å². The van der Waals surface area contributed by atoms with Crippen molar-refractivity contribution in [1.29, 1.82) is 0 Å². The molecule has 18 heavy (non-hydrogen) atoms. The van der Waals surface area contributed by atoms with Gasteiger partial charge < -0.3 is 0 Å². The summed E-state index contributed by atoms with van der Waals surface area (Å²) < 4.78 is 0. The van der Waals surface area contributed by atoms with Gasteiger partial charge in [-0.25, -0.2) is 0 Å². The fraction of sp³-hybridized carbons (Fsp3) is 0.375. The van der Waals surface area contributed by atoms with Crippen LogP contribution < -0.4 is 0 Å². The van der Waals surface area contributed by atoms with Crippen molar-refractivity contribution in [3.05, 3.63) is 47.0 Å². The summed E-state index contributed by atoms with van der Waals surface area (Å²) in [5, 5.41) is 3.29. The van der Waals surface area contributed by atoms with Gasteiger partial charge in [-0.05, 0) is 29.4 Å². The Balaban J connectivity index is 1.97. The fourth-order valence-corrected chi connectivity index (χ4v) is 3.86. The molecule has 0 spiro atoms. The maximum atomic E-state index is 6.26. The molecule has 1 unspecified atom stereocenters. The molecule has 2 heteroatoms. The molecule has 0 N–H and O–H groups in total. The molecule has 2 aromatic rings. The number of alkyl halides is 1. The summed E-state index contributed by atoms with van der Waals surface area (Å²) in [6.45, 7) is 0. The van der Waals surface area contributed by atoms with Crippen LogP contribution in [0.15, 0.2) is 36.4 Å². The zero-order valence-electron chi connectivity index (χ0n) is 10.2. The number of hydrogen-bond acceptors (Lipinski definition) is 0. The second-order valence-electron chi connectivity index (χ2n) is 5.18. The van der Waals surface area contributed by atoms with Gasteiger partial charge >= 0.3 is 0 Å². The van der Waals surface area contributed by atoms with Crippen LogP contribution in [-0.2, 0) is 0 Å². The second-order valence-corrected chi connectivity index (χ2v) is 6.69. The minimum atomic E-state index is 0.449. The molecule has 1 atom stereocenters. The minimum absolute atomic E-state index is 0.449. The Labute approximate surface area is 121 Å². The van der Waals surface area contributed by atoms with Crippen molar-refractivity contribution >= 4 is 38.3 Å². The third kappa shape index (κ3) is 2.31. The van der Waals surface area contributed by atoms with E-state index in [1.807, 2.05) is 12.1 Å². The Hall–Kier alpha value is -0.530. The molecule has 0 nitrogen and oxygen atoms in total. The van der Waals surface area contributed by atoms with Crippen molar-refractivity contribution in [1.82, 2.24) is 0 Å². The van der Waals surface area contributed by atoms with E-state index in [-0.39, 0.29) is 0 Å². The van der Waals surface area contributed by atoms with Gasteiger partial charge in [-0.1, -0.05) is 77.1 Å². The van der Waals surface area contributed by atoms with Gasteiger partial charge in [0.05, 0.1) is 0 Å². The molecule has 3 rings (SSSR count). The SMILES string of the molecule is Clc1ccc(C(Br)CC2CCC2)c2ccccc12. The number of halogens is 2. The third-order valence-corrected chi connectivity index (χ3v) is 5.20. The maximum absolute atomic E-state index is 6.26. The lowest BCUT2D eigenvalue weighted by atomic mass is 9.81. The molecule has 0 saturated heterocycles. The highest BCUT2D eigenvalue weighted by atomic mass is 79.9. The van der Waals surface area contributed by atoms with Crippen LogP contribution in [0.1, 0.15) is 36.1 Å². The van der Waals surface area contributed by atoms with Crippen LogP contribution >= 0.6 is 27.5 Å². The van der Waals surface area contributed by atoms with Crippen molar-refractivity contribution in [3.63, 3.8) is 0 Å². The number of hydrogen-bond donors (Lipinski definition) is 0. The van der Waals surface area contributed by atoms with Gasteiger partial charge in [0.1, 0.15) is 0 Å². The molecular formula is C16H16BrCl. The van der Waals surface area contributed by atoms with Crippen molar-refractivity contribution < 1.29 is 0 Å². The van der Waals surface area contributed by atoms with E-state index in [1.54, 1.807) is 0 Å². The van der Waals surface area contributed by atoms with E-state index in [4.69, 9.17) is 11.6 Å². The summed E-state index contributed by atoms with van der Waals surface area (Å²) in [7, 11) is 0. The van der Waals surface area contributed by atoms with Crippen LogP contribution in [0.5, 0.6) is 0 Å². The van der Waals surface area contributed by atoms with Gasteiger partial charge in [-0.15, -0.1) is 0 Å². The largest absolute Gasteiger partial charge is 0.0838 e. The Morgan fingerprint density at radius 3 is 2.50 bits per heavy atom. The quantitative estimate of drug-likeness (QED) is 0.597. The topological polar surface area (TPSA) is 0 Å². The van der Waals surface area contributed by atoms with Crippen LogP contribution in [-0.4, -0.2) is 0 Å². The highest BCUT2D eigenvalue weighted by Crippen LogP contribution is 2.41. The molecule has 1 aliphatic carbocycles. The smallest absolute Gasteiger partial charge is 0.0484 e. The zero-order chi connectivity index (χ0) is 12.5. The van der Waals surface area contributed by atoms with Crippen LogP contribution in [0.2, 0.25) is 5.02 Å². The summed E-state index contributed by atoms with van der Waals surface area (Å²) in [6, 6.07) is 12.6. The molecular weight excluding hydrogens is 308 g/mol. The second kappa shape index (κ2) is 5.22. The van der Waals surface area contributed by atoms with E-state index in [2.05, 4.69) is 40.2 Å². The first kappa shape index (κ1) is 12.5. The minimum Gasteiger partial charge on any atom is -0.0838 e. The Morgan fingerprint density at radius 1 is 1.11 bits per heavy atom. The molecule has 0 radical (unpaired) electrons. The number of rotatable bonds is 3. The number of benzene rings is 2. The van der Waals surface area contributed by atoms with Gasteiger partial charge in [0.25, 0.3) is 0 Å². The van der Waals surface area contributed by atoms with Crippen LogP contribution in [0.25, 0.3) is 10.8 Å². The van der Waals surface area contributed by atoms with E-state index in [0.717, 1.165) is 16.3 Å². The molecule has 0 heterocycles. The maximum Gasteiger partial charge on any atom is 0.0484 e. The zero-order valence-corrected chi connectivity index (χ0v) is 12.5. The van der Waals surface area contributed by atoms with E-state index in [1.165, 1.54) is 36.6 Å². The van der Waals surface area contributed by atoms with Crippen LogP contribution in [0.4, 0.5) is 0 Å². The lowest BCUT2D eigenvalue weighted by Crippen LogP contribution is -2.12. The third-order valence-electron chi connectivity index (χ3n) is 4.01. The van der Waals surface area contributed by atoms with E-state index >= 15 is 0 Å². The average Bonchev–Trinajstić information content (AvgIpc) is 2.34. The highest BCUT2D eigenvalue weighted by Gasteiger charge is 2.22. The summed E-state index contributed by atoms with van der Waals surface area (Å²) >= 11 is 10.1. The van der Waals surface area contributed by atoms with Crippen LogP contribution in [0, 0.1) is 5.92 Å². The first-order valence-electron chi connectivity index (χ1n) is 6.57. The van der Waals surface area contributed by atoms with E-state index in [9.17, 15) is 0 Å². The van der Waals surface area contributed by atoms with Gasteiger partial charge in [-0.2, -0.15) is 0 Å². The summed E-state index contributed by atoms with van der Waals surface area (Å²) in [4.78, 5) is 0.449. The summed E-state index contributed by atoms with van der Waals surface area (Å²) in [6.07, 6.45) is 5.44. The Morgan fingerprint density at radius 2 is 1.83 bits per heavy atom. The normalized spacial score (nSPS) is 17.7. The Kier molecular flexibility index (Phi) is 3.63. The monoisotopic (exact) mass is 322 g/mol. The summed E-state index contributed by atoms with van der Waals surface area (Å²) in [5.74, 6) is 0.906. The average molecular weight is 324 g/mol. The molecule has 0 aliphatic heterocycles. The summed E-state index contributed by atoms with van der Waals surface area (Å²) in [5.41, 5.74) is 1.38. The van der Waals surface area contributed by atoms with E-state index in [0.29, 0.717) is 4.83 Å². The molecule has 1 fully saturated rings. The van der Waals surface area contributed by atoms with Gasteiger partial charge in [0, 0.05) is 15.2 Å². The van der Waals surface area contributed by atoms with Gasteiger partial charge in [0.15, 0.2) is 0 Å². The molecule has 0 aromatic heterocycles. The molecule has 0 amide bonds. The predicted octanol–water partition coefficient (Wildman–Crippen LogP) is 6.12. The standard InChI is InChI=1S/C16H16BrCl/c17-15(10-11-4-3-5-11)13-8-9-16(18)14-7-2-1-6-12(13)14/h1-2,6-9,11,15H,3-5,10H2. The molecule has 2 aromatic carbocycles. The van der Waals surface area contributed by atoms with Crippen molar-refractivity contribution in [3.8, 4) is 0 Å². The molecule has 1 aliphatic rings. The van der Waals surface area contributed by atoms with Gasteiger partial charge in [-0.3, -0.25) is 0 Å². The molecule has 94 valence electrons. The molecule has 1 saturated carbocycles. The first-order valence-corrected chi connectivity index (χ1v) is 7.86. The van der Waals surface area contributed by atoms with Crippen molar-refractivity contribution in [2.75, 3.05) is 0 Å².